The average Bonchev–Trinajstić information content (AvgIpc) is 2.63. The van der Waals surface area contributed by atoms with Crippen molar-refractivity contribution in [3.8, 4) is 0 Å². The van der Waals surface area contributed by atoms with Gasteiger partial charge >= 0.3 is 0 Å². The summed E-state index contributed by atoms with van der Waals surface area (Å²) in [5.74, 6) is -0.0130. The lowest BCUT2D eigenvalue weighted by Crippen LogP contribution is -2.60. The summed E-state index contributed by atoms with van der Waals surface area (Å²) in [5, 5.41) is 0. The largest absolute Gasteiger partial charge is 0.338 e. The van der Waals surface area contributed by atoms with Gasteiger partial charge in [0, 0.05) is 26.2 Å². The van der Waals surface area contributed by atoms with Gasteiger partial charge in [-0.25, -0.2) is 8.42 Å². The van der Waals surface area contributed by atoms with Crippen LogP contribution >= 0.6 is 0 Å². The van der Waals surface area contributed by atoms with Crippen molar-refractivity contribution in [2.75, 3.05) is 26.2 Å². The molecule has 2 N–H and O–H groups in total. The van der Waals surface area contributed by atoms with Gasteiger partial charge in [-0.05, 0) is 43.9 Å². The van der Waals surface area contributed by atoms with Crippen molar-refractivity contribution in [1.29, 1.82) is 0 Å². The van der Waals surface area contributed by atoms with Crippen molar-refractivity contribution < 1.29 is 13.2 Å². The Kier molecular flexibility index (Phi) is 5.42. The molecule has 3 rings (SSSR count). The molecule has 1 saturated heterocycles. The second-order valence-corrected chi connectivity index (χ2v) is 9.59. The molecule has 2 aliphatic rings. The van der Waals surface area contributed by atoms with Gasteiger partial charge in [-0.3, -0.25) is 4.79 Å². The fourth-order valence-corrected chi connectivity index (χ4v) is 5.70. The number of nitrogens with two attached hydrogens (primary N) is 1. The van der Waals surface area contributed by atoms with Gasteiger partial charge in [0.1, 0.15) is 0 Å². The Balaban J connectivity index is 1.70. The van der Waals surface area contributed by atoms with E-state index in [1.807, 2.05) is 26.0 Å². The van der Waals surface area contributed by atoms with Gasteiger partial charge in [0.2, 0.25) is 15.9 Å². The minimum absolute atomic E-state index is 0.0130. The van der Waals surface area contributed by atoms with Gasteiger partial charge in [0.25, 0.3) is 0 Å². The van der Waals surface area contributed by atoms with E-state index in [4.69, 9.17) is 5.73 Å². The molecule has 2 fully saturated rings. The summed E-state index contributed by atoms with van der Waals surface area (Å²) in [7, 11) is -3.54. The van der Waals surface area contributed by atoms with E-state index in [2.05, 4.69) is 0 Å². The molecule has 26 heavy (non-hydrogen) atoms. The fourth-order valence-electron chi connectivity index (χ4n) is 3.97. The number of hydrogen-bond donors (Lipinski definition) is 1. The highest BCUT2D eigenvalue weighted by molar-refractivity contribution is 7.89. The van der Waals surface area contributed by atoms with Crippen molar-refractivity contribution in [2.24, 2.45) is 5.73 Å². The first-order valence-corrected chi connectivity index (χ1v) is 10.8. The first-order chi connectivity index (χ1) is 12.2. The maximum Gasteiger partial charge on any atom is 0.243 e. The molecule has 1 aromatic rings. The number of nitrogens with zero attached hydrogens (tertiary/aromatic N) is 2. The number of amides is 1. The molecule has 0 atom stereocenters. The Labute approximate surface area is 156 Å². The Morgan fingerprint density at radius 2 is 1.65 bits per heavy atom. The van der Waals surface area contributed by atoms with Crippen molar-refractivity contribution >= 4 is 15.9 Å². The molecule has 1 amide bonds. The van der Waals surface area contributed by atoms with Crippen LogP contribution in [0.15, 0.2) is 23.1 Å². The van der Waals surface area contributed by atoms with Crippen LogP contribution in [-0.2, 0) is 14.8 Å². The molecule has 6 nitrogen and oxygen atoms in total. The van der Waals surface area contributed by atoms with E-state index in [9.17, 15) is 13.2 Å². The third kappa shape index (κ3) is 3.66. The van der Waals surface area contributed by atoms with E-state index < -0.39 is 15.6 Å². The number of benzene rings is 1. The normalized spacial score (nSPS) is 21.6. The number of carbonyl (C=O) groups is 1. The van der Waals surface area contributed by atoms with E-state index in [0.29, 0.717) is 31.1 Å². The van der Waals surface area contributed by atoms with Crippen LogP contribution in [-0.4, -0.2) is 55.2 Å². The first kappa shape index (κ1) is 19.3. The second-order valence-electron chi connectivity index (χ2n) is 7.68. The summed E-state index contributed by atoms with van der Waals surface area (Å²) in [5.41, 5.74) is 7.27. The molecule has 144 valence electrons. The number of sulfonamides is 1. The minimum Gasteiger partial charge on any atom is -0.338 e. The minimum atomic E-state index is -3.54. The van der Waals surface area contributed by atoms with Gasteiger partial charge in [0.15, 0.2) is 0 Å². The van der Waals surface area contributed by atoms with E-state index in [1.54, 1.807) is 11.0 Å². The van der Waals surface area contributed by atoms with Gasteiger partial charge in [-0.2, -0.15) is 4.31 Å². The molecule has 0 aromatic heterocycles. The van der Waals surface area contributed by atoms with Gasteiger partial charge in [-0.1, -0.05) is 31.4 Å². The summed E-state index contributed by atoms with van der Waals surface area (Å²) in [4.78, 5) is 14.9. The summed E-state index contributed by atoms with van der Waals surface area (Å²) in [6.45, 7) is 5.14. The number of hydrogen-bond acceptors (Lipinski definition) is 4. The smallest absolute Gasteiger partial charge is 0.243 e. The quantitative estimate of drug-likeness (QED) is 0.868. The lowest BCUT2D eigenvalue weighted by atomic mass is 9.81. The number of aryl methyl sites for hydroxylation is 2. The maximum atomic E-state index is 13.0. The van der Waals surface area contributed by atoms with Gasteiger partial charge < -0.3 is 10.6 Å². The molecular formula is C19H29N3O3S. The van der Waals surface area contributed by atoms with Crippen LogP contribution in [0, 0.1) is 13.8 Å². The highest BCUT2D eigenvalue weighted by atomic mass is 32.2. The Bertz CT molecular complexity index is 777. The fraction of sp³-hybridized carbons (Fsp3) is 0.632. The van der Waals surface area contributed by atoms with Crippen molar-refractivity contribution in [3.63, 3.8) is 0 Å². The number of rotatable bonds is 3. The first-order valence-electron chi connectivity index (χ1n) is 9.40. The van der Waals surface area contributed by atoms with Crippen LogP contribution in [0.1, 0.15) is 43.2 Å². The molecule has 0 spiro atoms. The van der Waals surface area contributed by atoms with E-state index in [0.717, 1.165) is 43.2 Å². The van der Waals surface area contributed by atoms with Crippen LogP contribution in [0.5, 0.6) is 0 Å². The van der Waals surface area contributed by atoms with Crippen LogP contribution in [0.25, 0.3) is 0 Å². The lowest BCUT2D eigenvalue weighted by Gasteiger charge is -2.40. The highest BCUT2D eigenvalue weighted by Gasteiger charge is 2.40. The van der Waals surface area contributed by atoms with E-state index in [1.165, 1.54) is 4.31 Å². The zero-order valence-corrected chi connectivity index (χ0v) is 16.5. The second kappa shape index (κ2) is 7.29. The summed E-state index contributed by atoms with van der Waals surface area (Å²) in [6, 6.07) is 5.47. The number of carbonyl (C=O) groups excluding carboxylic acids is 1. The zero-order chi connectivity index (χ0) is 18.9. The predicted molar refractivity (Wildman–Crippen MR) is 101 cm³/mol. The van der Waals surface area contributed by atoms with Crippen molar-refractivity contribution in [2.45, 2.75) is 56.4 Å². The average molecular weight is 380 g/mol. The Morgan fingerprint density at radius 3 is 2.27 bits per heavy atom. The van der Waals surface area contributed by atoms with Crippen LogP contribution < -0.4 is 5.73 Å². The summed E-state index contributed by atoms with van der Waals surface area (Å²) < 4.78 is 27.5. The van der Waals surface area contributed by atoms with Gasteiger partial charge in [-0.15, -0.1) is 0 Å². The van der Waals surface area contributed by atoms with Crippen molar-refractivity contribution in [3.05, 3.63) is 29.3 Å². The Hall–Kier alpha value is -1.44. The lowest BCUT2D eigenvalue weighted by molar-refractivity contribution is -0.139. The predicted octanol–water partition coefficient (Wildman–Crippen LogP) is 1.80. The van der Waals surface area contributed by atoms with Crippen LogP contribution in [0.3, 0.4) is 0 Å². The van der Waals surface area contributed by atoms with Crippen molar-refractivity contribution in [1.82, 2.24) is 9.21 Å². The monoisotopic (exact) mass is 379 g/mol. The summed E-state index contributed by atoms with van der Waals surface area (Å²) >= 11 is 0. The van der Waals surface area contributed by atoms with Gasteiger partial charge in [0.05, 0.1) is 10.4 Å². The maximum absolute atomic E-state index is 13.0. The highest BCUT2D eigenvalue weighted by Crippen LogP contribution is 2.29. The Morgan fingerprint density at radius 1 is 1.04 bits per heavy atom. The molecule has 1 heterocycles. The molecule has 0 bridgehead atoms. The van der Waals surface area contributed by atoms with Crippen LogP contribution in [0.4, 0.5) is 0 Å². The molecule has 1 aromatic carbocycles. The SMILES string of the molecule is Cc1ccc(C)c(S(=O)(=O)N2CCN(C(=O)C3(N)CCCCC3)CC2)c1. The molecule has 1 saturated carbocycles. The third-order valence-corrected chi connectivity index (χ3v) is 7.70. The van der Waals surface area contributed by atoms with Crippen LogP contribution in [0.2, 0.25) is 0 Å². The van der Waals surface area contributed by atoms with E-state index in [-0.39, 0.29) is 5.91 Å². The topological polar surface area (TPSA) is 83.7 Å². The molecular weight excluding hydrogens is 350 g/mol. The third-order valence-electron chi connectivity index (χ3n) is 5.66. The molecule has 0 radical (unpaired) electrons. The molecule has 1 aliphatic heterocycles. The molecule has 7 heteroatoms. The molecule has 0 unspecified atom stereocenters. The number of piperazine rings is 1. The van der Waals surface area contributed by atoms with E-state index >= 15 is 0 Å². The zero-order valence-electron chi connectivity index (χ0n) is 15.7. The summed E-state index contributed by atoms with van der Waals surface area (Å²) in [6.07, 6.45) is 4.57. The standard InChI is InChI=1S/C19H29N3O3S/c1-15-6-7-16(2)17(14-15)26(24,25)22-12-10-21(11-13-22)18(23)19(20)8-4-3-5-9-19/h6-7,14H,3-5,8-13,20H2,1-2H3. The molecule has 1 aliphatic carbocycles.